The fourth-order valence-corrected chi connectivity index (χ4v) is 2.38. The number of rotatable bonds is 5. The molecule has 0 aromatic carbocycles. The largest absolute Gasteiger partial charge is 0.367 e. The molecule has 2 rings (SSSR count). The lowest BCUT2D eigenvalue weighted by molar-refractivity contribution is -0.0361. The molecule has 8 heteroatoms. The van der Waals surface area contributed by atoms with Gasteiger partial charge < -0.3 is 16.4 Å². The lowest BCUT2D eigenvalue weighted by Gasteiger charge is -2.28. The lowest BCUT2D eigenvalue weighted by Crippen LogP contribution is -2.32. The number of aromatic nitrogens is 2. The average molecular weight is 313 g/mol. The fourth-order valence-electron chi connectivity index (χ4n) is 2.38. The Balaban J connectivity index is 2.10. The number of amides is 1. The topological polar surface area (TPSA) is 92.9 Å². The van der Waals surface area contributed by atoms with Crippen LogP contribution in [0.15, 0.2) is 6.20 Å². The zero-order valence-corrected chi connectivity index (χ0v) is 12.7. The van der Waals surface area contributed by atoms with Gasteiger partial charge in [0, 0.05) is 31.1 Å². The van der Waals surface area contributed by atoms with Gasteiger partial charge in [-0.1, -0.05) is 0 Å². The molecule has 0 bridgehead atoms. The van der Waals surface area contributed by atoms with E-state index in [2.05, 4.69) is 20.6 Å². The van der Waals surface area contributed by atoms with Gasteiger partial charge in [-0.25, -0.2) is 13.8 Å². The Morgan fingerprint density at radius 3 is 2.59 bits per heavy atom. The van der Waals surface area contributed by atoms with Gasteiger partial charge in [-0.3, -0.25) is 4.79 Å². The van der Waals surface area contributed by atoms with Crippen LogP contribution in [-0.2, 0) is 0 Å². The van der Waals surface area contributed by atoms with Crippen LogP contribution in [-0.4, -0.2) is 33.9 Å². The number of hydrogen-bond acceptors (Lipinski definition) is 5. The number of nitrogens with zero attached hydrogens (tertiary/aromatic N) is 2. The molecule has 1 aliphatic rings. The molecule has 0 radical (unpaired) electrons. The number of nitrogens with two attached hydrogens (primary N) is 1. The van der Waals surface area contributed by atoms with Crippen molar-refractivity contribution in [2.45, 2.75) is 57.5 Å². The van der Waals surface area contributed by atoms with Gasteiger partial charge in [-0.15, -0.1) is 0 Å². The van der Waals surface area contributed by atoms with Crippen LogP contribution in [0, 0.1) is 0 Å². The van der Waals surface area contributed by atoms with Crippen LogP contribution < -0.4 is 16.4 Å². The molecule has 122 valence electrons. The summed E-state index contributed by atoms with van der Waals surface area (Å²) in [5.74, 6) is -2.53. The Kier molecular flexibility index (Phi) is 4.77. The molecule has 1 heterocycles. The van der Waals surface area contributed by atoms with Crippen LogP contribution in [0.5, 0.6) is 0 Å². The minimum Gasteiger partial charge on any atom is -0.367 e. The van der Waals surface area contributed by atoms with E-state index in [0.717, 1.165) is 0 Å². The third-order valence-electron chi connectivity index (χ3n) is 3.53. The van der Waals surface area contributed by atoms with Gasteiger partial charge >= 0.3 is 0 Å². The average Bonchev–Trinajstić information content (AvgIpc) is 2.40. The van der Waals surface area contributed by atoms with Crippen molar-refractivity contribution in [3.05, 3.63) is 11.8 Å². The summed E-state index contributed by atoms with van der Waals surface area (Å²) in [5, 5.41) is 6.08. The zero-order valence-electron chi connectivity index (χ0n) is 12.7. The summed E-state index contributed by atoms with van der Waals surface area (Å²) in [6.45, 7) is 3.81. The van der Waals surface area contributed by atoms with Crippen molar-refractivity contribution < 1.29 is 13.6 Å². The lowest BCUT2D eigenvalue weighted by atomic mass is 9.92. The molecular formula is C14H21F2N5O. The molecule has 1 amide bonds. The number of alkyl halides is 2. The minimum atomic E-state index is -2.57. The second-order valence-electron chi connectivity index (χ2n) is 5.89. The Bertz CT molecular complexity index is 540. The van der Waals surface area contributed by atoms with Crippen molar-refractivity contribution in [2.75, 3.05) is 10.6 Å². The Labute approximate surface area is 127 Å². The predicted octanol–water partition coefficient (Wildman–Crippen LogP) is 2.39. The summed E-state index contributed by atoms with van der Waals surface area (Å²) in [5.41, 5.74) is 5.49. The van der Waals surface area contributed by atoms with Crippen molar-refractivity contribution >= 4 is 17.7 Å². The number of nitrogens with one attached hydrogen (secondary N) is 2. The smallest absolute Gasteiger partial charge is 0.254 e. The molecule has 0 aliphatic heterocycles. The van der Waals surface area contributed by atoms with Crippen molar-refractivity contribution in [1.82, 2.24) is 9.97 Å². The monoisotopic (exact) mass is 313 g/mol. The zero-order chi connectivity index (χ0) is 16.3. The number of primary amides is 1. The molecule has 0 atom stereocenters. The first kappa shape index (κ1) is 16.4. The highest BCUT2D eigenvalue weighted by Crippen LogP contribution is 2.34. The van der Waals surface area contributed by atoms with Gasteiger partial charge in [0.05, 0.1) is 5.56 Å². The van der Waals surface area contributed by atoms with E-state index in [-0.39, 0.29) is 30.5 Å². The maximum Gasteiger partial charge on any atom is 0.254 e. The highest BCUT2D eigenvalue weighted by molar-refractivity contribution is 5.97. The molecule has 22 heavy (non-hydrogen) atoms. The Morgan fingerprint density at radius 2 is 2.05 bits per heavy atom. The maximum atomic E-state index is 13.1. The van der Waals surface area contributed by atoms with Crippen molar-refractivity contribution in [3.63, 3.8) is 0 Å². The molecule has 1 saturated carbocycles. The second kappa shape index (κ2) is 6.41. The van der Waals surface area contributed by atoms with E-state index in [1.165, 1.54) is 6.20 Å². The van der Waals surface area contributed by atoms with Gasteiger partial charge in [0.25, 0.3) is 5.91 Å². The summed E-state index contributed by atoms with van der Waals surface area (Å²) in [7, 11) is 0. The van der Waals surface area contributed by atoms with Gasteiger partial charge in [0.1, 0.15) is 5.82 Å². The normalized spacial score (nSPS) is 18.2. The molecule has 1 aliphatic carbocycles. The highest BCUT2D eigenvalue weighted by atomic mass is 19.3. The molecule has 0 unspecified atom stereocenters. The third kappa shape index (κ3) is 4.25. The van der Waals surface area contributed by atoms with E-state index in [1.54, 1.807) is 0 Å². The van der Waals surface area contributed by atoms with Gasteiger partial charge in [-0.05, 0) is 26.7 Å². The number of anilines is 2. The van der Waals surface area contributed by atoms with E-state index in [0.29, 0.717) is 24.6 Å². The number of halogens is 2. The second-order valence-corrected chi connectivity index (χ2v) is 5.89. The number of hydrogen-bond donors (Lipinski definition) is 3. The summed E-state index contributed by atoms with van der Waals surface area (Å²) < 4.78 is 26.3. The molecule has 1 aromatic heterocycles. The Morgan fingerprint density at radius 1 is 1.41 bits per heavy atom. The molecule has 0 spiro atoms. The Hall–Kier alpha value is -1.99. The van der Waals surface area contributed by atoms with Crippen LogP contribution in [0.4, 0.5) is 20.5 Å². The standard InChI is InChI=1S/C14H21F2N5O/c1-8(2)19-12-10(11(17)22)7-18-13(21-12)20-9-3-5-14(15,16)6-4-9/h7-9H,3-6H2,1-2H3,(H2,17,22)(H2,18,19,20,21). The van der Waals surface area contributed by atoms with Crippen molar-refractivity contribution in [1.29, 1.82) is 0 Å². The first-order chi connectivity index (χ1) is 10.3. The van der Waals surface area contributed by atoms with Crippen LogP contribution in [0.1, 0.15) is 49.9 Å². The fraction of sp³-hybridized carbons (Fsp3) is 0.643. The van der Waals surface area contributed by atoms with Crippen LogP contribution >= 0.6 is 0 Å². The van der Waals surface area contributed by atoms with Gasteiger partial charge in [0.15, 0.2) is 0 Å². The summed E-state index contributed by atoms with van der Waals surface area (Å²) in [6, 6.07) is -0.0276. The molecule has 6 nitrogen and oxygen atoms in total. The van der Waals surface area contributed by atoms with Crippen LogP contribution in [0.25, 0.3) is 0 Å². The van der Waals surface area contributed by atoms with Gasteiger partial charge in [-0.2, -0.15) is 4.98 Å². The van der Waals surface area contributed by atoms with Crippen LogP contribution in [0.2, 0.25) is 0 Å². The van der Waals surface area contributed by atoms with E-state index in [1.807, 2.05) is 13.8 Å². The van der Waals surface area contributed by atoms with E-state index in [4.69, 9.17) is 5.73 Å². The molecule has 1 aromatic rings. The quantitative estimate of drug-likeness (QED) is 0.776. The highest BCUT2D eigenvalue weighted by Gasteiger charge is 2.35. The number of carbonyl (C=O) groups is 1. The van der Waals surface area contributed by atoms with Crippen molar-refractivity contribution in [3.8, 4) is 0 Å². The molecular weight excluding hydrogens is 292 g/mol. The first-order valence-corrected chi connectivity index (χ1v) is 7.34. The molecule has 4 N–H and O–H groups in total. The summed E-state index contributed by atoms with van der Waals surface area (Å²) in [4.78, 5) is 19.7. The van der Waals surface area contributed by atoms with Crippen molar-refractivity contribution in [2.24, 2.45) is 5.73 Å². The van der Waals surface area contributed by atoms with E-state index in [9.17, 15) is 13.6 Å². The molecule has 1 fully saturated rings. The minimum absolute atomic E-state index is 0.0641. The SMILES string of the molecule is CC(C)Nc1nc(NC2CCC(F)(F)CC2)ncc1C(N)=O. The van der Waals surface area contributed by atoms with E-state index >= 15 is 0 Å². The third-order valence-corrected chi connectivity index (χ3v) is 3.53. The van der Waals surface area contributed by atoms with Crippen LogP contribution in [0.3, 0.4) is 0 Å². The molecule has 0 saturated heterocycles. The predicted molar refractivity (Wildman–Crippen MR) is 80.1 cm³/mol. The van der Waals surface area contributed by atoms with Gasteiger partial charge in [0.2, 0.25) is 11.9 Å². The number of carbonyl (C=O) groups excluding carboxylic acids is 1. The maximum absolute atomic E-state index is 13.1. The summed E-state index contributed by atoms with van der Waals surface area (Å²) >= 11 is 0. The van der Waals surface area contributed by atoms with E-state index < -0.39 is 11.8 Å². The summed E-state index contributed by atoms with van der Waals surface area (Å²) in [6.07, 6.45) is 1.80. The first-order valence-electron chi connectivity index (χ1n) is 7.34.